The molecule has 1 heterocycles. The van der Waals surface area contributed by atoms with Gasteiger partial charge in [-0.2, -0.15) is 0 Å². The molecule has 0 aromatic heterocycles. The number of hydrogen-bond donors (Lipinski definition) is 0. The van der Waals surface area contributed by atoms with Gasteiger partial charge in [-0.1, -0.05) is 6.92 Å². The summed E-state index contributed by atoms with van der Waals surface area (Å²) in [5.41, 5.74) is 0. The van der Waals surface area contributed by atoms with Gasteiger partial charge in [0.05, 0.1) is 13.0 Å². The molecule has 13 heavy (non-hydrogen) atoms. The fourth-order valence-corrected chi connectivity index (χ4v) is 1.71. The Kier molecular flexibility index (Phi) is 4.22. The topological polar surface area (TPSA) is 29.5 Å². The molecule has 0 aromatic carbocycles. The number of esters is 1. The Labute approximate surface area is 80.1 Å². The summed E-state index contributed by atoms with van der Waals surface area (Å²) in [6.45, 7) is 7.73. The van der Waals surface area contributed by atoms with Gasteiger partial charge in [0.1, 0.15) is 0 Å². The molecular formula is C10H19NO2. The van der Waals surface area contributed by atoms with E-state index in [0.717, 1.165) is 25.6 Å². The Morgan fingerprint density at radius 2 is 2.38 bits per heavy atom. The maximum Gasteiger partial charge on any atom is 0.307 e. The number of ether oxygens (including phenoxy) is 1. The lowest BCUT2D eigenvalue weighted by Gasteiger charge is -2.13. The van der Waals surface area contributed by atoms with Gasteiger partial charge in [0.15, 0.2) is 0 Å². The van der Waals surface area contributed by atoms with Crippen LogP contribution in [-0.2, 0) is 9.53 Å². The summed E-state index contributed by atoms with van der Waals surface area (Å²) in [6.07, 6.45) is 1.81. The second-order valence-corrected chi connectivity index (χ2v) is 3.75. The molecule has 0 bridgehead atoms. The first-order chi connectivity index (χ1) is 6.22. The van der Waals surface area contributed by atoms with Crippen LogP contribution in [0.2, 0.25) is 0 Å². The van der Waals surface area contributed by atoms with E-state index in [2.05, 4.69) is 11.8 Å². The zero-order valence-electron chi connectivity index (χ0n) is 8.58. The Morgan fingerprint density at radius 1 is 1.62 bits per heavy atom. The molecule has 0 radical (unpaired) electrons. The highest BCUT2D eigenvalue weighted by molar-refractivity contribution is 5.69. The standard InChI is InChI=1S/C10H19NO2/c1-3-13-10(12)5-7-11-6-4-9(2)8-11/h9H,3-8H2,1-2H3. The predicted octanol–water partition coefficient (Wildman–Crippen LogP) is 1.28. The van der Waals surface area contributed by atoms with Gasteiger partial charge in [-0.25, -0.2) is 0 Å². The second-order valence-electron chi connectivity index (χ2n) is 3.75. The second kappa shape index (κ2) is 5.22. The maximum absolute atomic E-state index is 11.0. The largest absolute Gasteiger partial charge is 0.466 e. The zero-order chi connectivity index (χ0) is 9.68. The first-order valence-electron chi connectivity index (χ1n) is 5.10. The van der Waals surface area contributed by atoms with E-state index in [9.17, 15) is 4.79 Å². The number of carbonyl (C=O) groups excluding carboxylic acids is 1. The van der Waals surface area contributed by atoms with Gasteiger partial charge in [0.2, 0.25) is 0 Å². The Morgan fingerprint density at radius 3 is 2.92 bits per heavy atom. The molecule has 1 fully saturated rings. The number of likely N-dealkylation sites (tertiary alicyclic amines) is 1. The third kappa shape index (κ3) is 3.77. The number of carbonyl (C=O) groups is 1. The SMILES string of the molecule is CCOC(=O)CCN1CCC(C)C1. The van der Waals surface area contributed by atoms with Crippen molar-refractivity contribution in [2.45, 2.75) is 26.7 Å². The van der Waals surface area contributed by atoms with Crippen LogP contribution in [0, 0.1) is 5.92 Å². The Balaban J connectivity index is 2.09. The zero-order valence-corrected chi connectivity index (χ0v) is 8.58. The highest BCUT2D eigenvalue weighted by Crippen LogP contribution is 2.14. The lowest BCUT2D eigenvalue weighted by molar-refractivity contribution is -0.143. The number of rotatable bonds is 4. The monoisotopic (exact) mass is 185 g/mol. The van der Waals surface area contributed by atoms with Crippen molar-refractivity contribution in [2.24, 2.45) is 5.92 Å². The Bertz CT molecular complexity index is 170. The quantitative estimate of drug-likeness (QED) is 0.618. The van der Waals surface area contributed by atoms with Gasteiger partial charge in [-0.05, 0) is 25.8 Å². The Hall–Kier alpha value is -0.570. The smallest absolute Gasteiger partial charge is 0.307 e. The lowest BCUT2D eigenvalue weighted by atomic mass is 10.2. The maximum atomic E-state index is 11.0. The van der Waals surface area contributed by atoms with E-state index >= 15 is 0 Å². The molecule has 1 aliphatic heterocycles. The molecule has 76 valence electrons. The van der Waals surface area contributed by atoms with Crippen LogP contribution < -0.4 is 0 Å². The van der Waals surface area contributed by atoms with Crippen molar-refractivity contribution in [2.75, 3.05) is 26.2 Å². The van der Waals surface area contributed by atoms with Crippen LogP contribution in [0.25, 0.3) is 0 Å². The van der Waals surface area contributed by atoms with Gasteiger partial charge in [-0.3, -0.25) is 4.79 Å². The highest BCUT2D eigenvalue weighted by atomic mass is 16.5. The minimum Gasteiger partial charge on any atom is -0.466 e. The third-order valence-electron chi connectivity index (χ3n) is 2.45. The summed E-state index contributed by atoms with van der Waals surface area (Å²) < 4.78 is 4.86. The van der Waals surface area contributed by atoms with E-state index in [1.165, 1.54) is 6.42 Å². The molecule has 1 atom stereocenters. The normalized spacial score (nSPS) is 23.4. The summed E-state index contributed by atoms with van der Waals surface area (Å²) in [5, 5.41) is 0. The lowest BCUT2D eigenvalue weighted by Crippen LogP contribution is -2.24. The van der Waals surface area contributed by atoms with Crippen molar-refractivity contribution < 1.29 is 9.53 Å². The summed E-state index contributed by atoms with van der Waals surface area (Å²) in [6, 6.07) is 0. The van der Waals surface area contributed by atoms with E-state index in [4.69, 9.17) is 4.74 Å². The molecule has 0 aliphatic carbocycles. The first kappa shape index (κ1) is 10.5. The van der Waals surface area contributed by atoms with Crippen LogP contribution in [0.3, 0.4) is 0 Å². The van der Waals surface area contributed by atoms with Crippen LogP contribution in [0.1, 0.15) is 26.7 Å². The molecule has 0 spiro atoms. The predicted molar refractivity (Wildman–Crippen MR) is 51.5 cm³/mol. The molecule has 0 amide bonds. The van der Waals surface area contributed by atoms with Crippen LogP contribution in [0.5, 0.6) is 0 Å². The molecule has 1 aliphatic rings. The minimum absolute atomic E-state index is 0.0675. The fourth-order valence-electron chi connectivity index (χ4n) is 1.71. The minimum atomic E-state index is -0.0675. The average Bonchev–Trinajstić information content (AvgIpc) is 2.49. The van der Waals surface area contributed by atoms with Gasteiger partial charge in [-0.15, -0.1) is 0 Å². The molecule has 1 rings (SSSR count). The van der Waals surface area contributed by atoms with Crippen LogP contribution in [0.15, 0.2) is 0 Å². The van der Waals surface area contributed by atoms with Crippen LogP contribution in [0.4, 0.5) is 0 Å². The van der Waals surface area contributed by atoms with Crippen molar-refractivity contribution >= 4 is 5.97 Å². The molecule has 1 unspecified atom stereocenters. The van der Waals surface area contributed by atoms with E-state index in [0.29, 0.717) is 13.0 Å². The molecular weight excluding hydrogens is 166 g/mol. The first-order valence-corrected chi connectivity index (χ1v) is 5.10. The highest BCUT2D eigenvalue weighted by Gasteiger charge is 2.18. The van der Waals surface area contributed by atoms with Crippen molar-refractivity contribution in [1.82, 2.24) is 4.90 Å². The molecule has 0 N–H and O–H groups in total. The number of hydrogen-bond acceptors (Lipinski definition) is 3. The summed E-state index contributed by atoms with van der Waals surface area (Å²) in [7, 11) is 0. The molecule has 3 nitrogen and oxygen atoms in total. The van der Waals surface area contributed by atoms with Crippen LogP contribution in [-0.4, -0.2) is 37.1 Å². The van der Waals surface area contributed by atoms with E-state index in [1.54, 1.807) is 0 Å². The van der Waals surface area contributed by atoms with Gasteiger partial charge >= 0.3 is 5.97 Å². The molecule has 3 heteroatoms. The van der Waals surface area contributed by atoms with Crippen molar-refractivity contribution in [3.8, 4) is 0 Å². The summed E-state index contributed by atoms with van der Waals surface area (Å²) in [4.78, 5) is 13.4. The average molecular weight is 185 g/mol. The molecule has 1 saturated heterocycles. The van der Waals surface area contributed by atoms with Crippen molar-refractivity contribution in [1.29, 1.82) is 0 Å². The fraction of sp³-hybridized carbons (Fsp3) is 0.900. The van der Waals surface area contributed by atoms with Crippen molar-refractivity contribution in [3.63, 3.8) is 0 Å². The van der Waals surface area contributed by atoms with Crippen LogP contribution >= 0.6 is 0 Å². The number of nitrogens with zero attached hydrogens (tertiary/aromatic N) is 1. The molecule has 0 saturated carbocycles. The van der Waals surface area contributed by atoms with E-state index < -0.39 is 0 Å². The van der Waals surface area contributed by atoms with Crippen molar-refractivity contribution in [3.05, 3.63) is 0 Å². The van der Waals surface area contributed by atoms with Gasteiger partial charge < -0.3 is 9.64 Å². The summed E-state index contributed by atoms with van der Waals surface area (Å²) in [5.74, 6) is 0.726. The van der Waals surface area contributed by atoms with E-state index in [1.807, 2.05) is 6.92 Å². The van der Waals surface area contributed by atoms with E-state index in [-0.39, 0.29) is 5.97 Å². The van der Waals surface area contributed by atoms with Gasteiger partial charge in [0, 0.05) is 13.1 Å². The molecule has 0 aromatic rings. The summed E-state index contributed by atoms with van der Waals surface area (Å²) >= 11 is 0. The third-order valence-corrected chi connectivity index (χ3v) is 2.45. The van der Waals surface area contributed by atoms with Gasteiger partial charge in [0.25, 0.3) is 0 Å².